The summed E-state index contributed by atoms with van der Waals surface area (Å²) >= 11 is 6.21. The van der Waals surface area contributed by atoms with Gasteiger partial charge in [0.15, 0.2) is 0 Å². The second-order valence-electron chi connectivity index (χ2n) is 5.25. The molecule has 0 spiro atoms. The van der Waals surface area contributed by atoms with Gasteiger partial charge in [0.05, 0.1) is 29.9 Å². The molecule has 1 aliphatic rings. The van der Waals surface area contributed by atoms with Gasteiger partial charge < -0.3 is 19.3 Å². The van der Waals surface area contributed by atoms with E-state index in [0.717, 1.165) is 10.9 Å². The van der Waals surface area contributed by atoms with E-state index in [2.05, 4.69) is 0 Å². The van der Waals surface area contributed by atoms with Crippen molar-refractivity contribution in [3.8, 4) is 0 Å². The van der Waals surface area contributed by atoms with Gasteiger partial charge >= 0.3 is 0 Å². The highest BCUT2D eigenvalue weighted by molar-refractivity contribution is 6.35. The van der Waals surface area contributed by atoms with Gasteiger partial charge in [-0.3, -0.25) is 4.79 Å². The Morgan fingerprint density at radius 2 is 2.29 bits per heavy atom. The predicted octanol–water partition coefficient (Wildman–Crippen LogP) is 1.66. The first kappa shape index (κ1) is 14.4. The van der Waals surface area contributed by atoms with Crippen molar-refractivity contribution >= 4 is 28.4 Å². The number of carbonyl (C=O) groups excluding carboxylic acids is 1. The molecular formula is C15H17ClN2O3. The van der Waals surface area contributed by atoms with Crippen molar-refractivity contribution in [1.29, 1.82) is 0 Å². The summed E-state index contributed by atoms with van der Waals surface area (Å²) in [5, 5.41) is 11.3. The maximum absolute atomic E-state index is 12.7. The second-order valence-corrected chi connectivity index (χ2v) is 5.65. The van der Waals surface area contributed by atoms with Crippen molar-refractivity contribution < 1.29 is 14.6 Å². The molecule has 1 N–H and O–H groups in total. The van der Waals surface area contributed by atoms with Gasteiger partial charge in [-0.2, -0.15) is 0 Å². The number of ether oxygens (including phenoxy) is 1. The normalized spacial score (nSPS) is 19.8. The number of rotatable bonds is 1. The third-order valence-electron chi connectivity index (χ3n) is 3.76. The number of benzene rings is 1. The summed E-state index contributed by atoms with van der Waals surface area (Å²) in [5.41, 5.74) is 1.40. The summed E-state index contributed by atoms with van der Waals surface area (Å²) in [6.07, 6.45) is -0.644. The van der Waals surface area contributed by atoms with Crippen LogP contribution in [0.5, 0.6) is 0 Å². The molecule has 0 aliphatic carbocycles. The second kappa shape index (κ2) is 5.67. The van der Waals surface area contributed by atoms with Gasteiger partial charge in [0.2, 0.25) is 0 Å². The molecule has 0 saturated carbocycles. The van der Waals surface area contributed by atoms with Gasteiger partial charge in [-0.1, -0.05) is 23.7 Å². The molecule has 0 unspecified atom stereocenters. The number of aryl methyl sites for hydroxylation is 1. The van der Waals surface area contributed by atoms with Crippen molar-refractivity contribution in [1.82, 2.24) is 9.47 Å². The SMILES string of the molecule is Cn1c(C(=O)N2CCOC[C@@H](O)C2)cc2cccc(Cl)c21. The first-order valence-electron chi connectivity index (χ1n) is 6.87. The highest BCUT2D eigenvalue weighted by atomic mass is 35.5. The van der Waals surface area contributed by atoms with E-state index in [1.54, 1.807) is 9.47 Å². The van der Waals surface area contributed by atoms with Crippen LogP contribution in [0, 0.1) is 0 Å². The Kier molecular flexibility index (Phi) is 3.89. The van der Waals surface area contributed by atoms with Crippen LogP contribution in [0.4, 0.5) is 0 Å². The number of aliphatic hydroxyl groups excluding tert-OH is 1. The molecule has 1 aliphatic heterocycles. The van der Waals surface area contributed by atoms with E-state index in [4.69, 9.17) is 16.3 Å². The Hall–Kier alpha value is -1.56. The van der Waals surface area contributed by atoms with Crippen molar-refractivity contribution in [3.05, 3.63) is 35.0 Å². The van der Waals surface area contributed by atoms with Crippen LogP contribution in [-0.2, 0) is 11.8 Å². The van der Waals surface area contributed by atoms with Crippen molar-refractivity contribution in [3.63, 3.8) is 0 Å². The molecule has 6 heteroatoms. The molecule has 0 radical (unpaired) electrons. The van der Waals surface area contributed by atoms with Crippen LogP contribution in [0.25, 0.3) is 10.9 Å². The van der Waals surface area contributed by atoms with Crippen molar-refractivity contribution in [2.45, 2.75) is 6.10 Å². The average molecular weight is 309 g/mol. The number of nitrogens with zero attached hydrogens (tertiary/aromatic N) is 2. The van der Waals surface area contributed by atoms with Crippen LogP contribution in [0.15, 0.2) is 24.3 Å². The molecule has 0 bridgehead atoms. The van der Waals surface area contributed by atoms with E-state index in [9.17, 15) is 9.90 Å². The van der Waals surface area contributed by atoms with Gasteiger partial charge in [0, 0.05) is 25.5 Å². The number of amides is 1. The van der Waals surface area contributed by atoms with Crippen LogP contribution in [0.2, 0.25) is 5.02 Å². The maximum Gasteiger partial charge on any atom is 0.270 e. The third kappa shape index (κ3) is 2.64. The van der Waals surface area contributed by atoms with Crippen LogP contribution in [0.1, 0.15) is 10.5 Å². The smallest absolute Gasteiger partial charge is 0.270 e. The molecule has 112 valence electrons. The zero-order valence-electron chi connectivity index (χ0n) is 11.8. The van der Waals surface area contributed by atoms with Crippen molar-refractivity contribution in [2.24, 2.45) is 7.05 Å². The molecule has 21 heavy (non-hydrogen) atoms. The van der Waals surface area contributed by atoms with Crippen LogP contribution >= 0.6 is 11.6 Å². The first-order valence-corrected chi connectivity index (χ1v) is 7.24. The number of hydrogen-bond acceptors (Lipinski definition) is 3. The Morgan fingerprint density at radius 1 is 1.48 bits per heavy atom. The van der Waals surface area contributed by atoms with E-state index in [0.29, 0.717) is 23.9 Å². The zero-order chi connectivity index (χ0) is 15.0. The number of para-hydroxylation sites is 1. The number of carbonyl (C=O) groups is 1. The Labute approximate surface area is 127 Å². The standard InChI is InChI=1S/C15H17ClN2O3/c1-17-13(7-10-3-2-4-12(16)14(10)17)15(20)18-5-6-21-9-11(19)8-18/h2-4,7,11,19H,5-6,8-9H2,1H3/t11-/m0/s1. The number of fused-ring (bicyclic) bond motifs is 1. The van der Waals surface area contributed by atoms with E-state index < -0.39 is 6.10 Å². The molecule has 5 nitrogen and oxygen atoms in total. The fourth-order valence-corrected chi connectivity index (χ4v) is 3.02. The summed E-state index contributed by atoms with van der Waals surface area (Å²) in [4.78, 5) is 14.3. The Morgan fingerprint density at radius 3 is 3.05 bits per heavy atom. The third-order valence-corrected chi connectivity index (χ3v) is 4.07. The molecule has 1 aromatic heterocycles. The lowest BCUT2D eigenvalue weighted by Gasteiger charge is -2.21. The van der Waals surface area contributed by atoms with E-state index in [-0.39, 0.29) is 19.1 Å². The van der Waals surface area contributed by atoms with E-state index in [1.807, 2.05) is 31.3 Å². The topological polar surface area (TPSA) is 54.7 Å². The van der Waals surface area contributed by atoms with Gasteiger partial charge in [-0.05, 0) is 12.1 Å². The summed E-state index contributed by atoms with van der Waals surface area (Å²) in [6, 6.07) is 7.43. The minimum absolute atomic E-state index is 0.116. The summed E-state index contributed by atoms with van der Waals surface area (Å²) in [6.45, 7) is 1.47. The van der Waals surface area contributed by atoms with Crippen LogP contribution in [-0.4, -0.2) is 52.9 Å². The molecule has 1 aromatic carbocycles. The predicted molar refractivity (Wildman–Crippen MR) is 80.7 cm³/mol. The summed E-state index contributed by atoms with van der Waals surface area (Å²) in [7, 11) is 1.83. The Bertz CT molecular complexity index is 683. The number of hydrogen-bond donors (Lipinski definition) is 1. The summed E-state index contributed by atoms with van der Waals surface area (Å²) in [5.74, 6) is -0.116. The fraction of sp³-hybridized carbons (Fsp3) is 0.400. The average Bonchev–Trinajstić information content (AvgIpc) is 2.65. The van der Waals surface area contributed by atoms with Crippen LogP contribution < -0.4 is 0 Å². The molecule has 1 amide bonds. The van der Waals surface area contributed by atoms with Gasteiger partial charge in [-0.15, -0.1) is 0 Å². The molecule has 3 rings (SSSR count). The highest BCUT2D eigenvalue weighted by Crippen LogP contribution is 2.26. The molecule has 2 heterocycles. The van der Waals surface area contributed by atoms with Gasteiger partial charge in [0.25, 0.3) is 5.91 Å². The van der Waals surface area contributed by atoms with Gasteiger partial charge in [-0.25, -0.2) is 0 Å². The number of halogens is 1. The number of aliphatic hydroxyl groups is 1. The molecule has 1 atom stereocenters. The van der Waals surface area contributed by atoms with E-state index >= 15 is 0 Å². The number of aromatic nitrogens is 1. The van der Waals surface area contributed by atoms with Crippen molar-refractivity contribution in [2.75, 3.05) is 26.3 Å². The quantitative estimate of drug-likeness (QED) is 0.872. The molecular weight excluding hydrogens is 292 g/mol. The maximum atomic E-state index is 12.7. The Balaban J connectivity index is 1.98. The highest BCUT2D eigenvalue weighted by Gasteiger charge is 2.24. The minimum atomic E-state index is -0.644. The van der Waals surface area contributed by atoms with Gasteiger partial charge in [0.1, 0.15) is 5.69 Å². The zero-order valence-corrected chi connectivity index (χ0v) is 12.5. The van der Waals surface area contributed by atoms with E-state index in [1.165, 1.54) is 0 Å². The largest absolute Gasteiger partial charge is 0.389 e. The molecule has 1 fully saturated rings. The molecule has 1 saturated heterocycles. The monoisotopic (exact) mass is 308 g/mol. The van der Waals surface area contributed by atoms with Crippen LogP contribution in [0.3, 0.4) is 0 Å². The lowest BCUT2D eigenvalue weighted by atomic mass is 10.2. The molecule has 2 aromatic rings. The number of β-amino-alcohol motifs (C(OH)–C–C–N with tert-alkyl or cyclic N) is 1. The lowest BCUT2D eigenvalue weighted by molar-refractivity contribution is 0.0532. The minimum Gasteiger partial charge on any atom is -0.389 e. The lowest BCUT2D eigenvalue weighted by Crippen LogP contribution is -2.38. The summed E-state index contributed by atoms with van der Waals surface area (Å²) < 4.78 is 7.06. The fourth-order valence-electron chi connectivity index (χ4n) is 2.71. The first-order chi connectivity index (χ1) is 10.1.